The minimum atomic E-state index is -0.852. The van der Waals surface area contributed by atoms with Gasteiger partial charge in [-0.2, -0.15) is 0 Å². The molecule has 0 spiro atoms. The molecule has 0 aliphatic rings. The Balaban J connectivity index is 1.68. The number of hydrogen-bond donors (Lipinski definition) is 0. The van der Waals surface area contributed by atoms with E-state index in [-0.39, 0.29) is 27.8 Å². The van der Waals surface area contributed by atoms with Gasteiger partial charge in [-0.25, -0.2) is 0 Å². The highest BCUT2D eigenvalue weighted by Gasteiger charge is 2.21. The van der Waals surface area contributed by atoms with Gasteiger partial charge in [0.25, 0.3) is 0 Å². The van der Waals surface area contributed by atoms with Gasteiger partial charge in [-0.05, 0) is 83.9 Å². The molecule has 43 heavy (non-hydrogen) atoms. The second-order valence-electron chi connectivity index (χ2n) is 9.74. The maximum absolute atomic E-state index is 9.53. The number of hydrogen-bond acceptors (Lipinski definition) is 1. The van der Waals surface area contributed by atoms with Crippen molar-refractivity contribution in [3.63, 3.8) is 0 Å². The zero-order valence-corrected chi connectivity index (χ0v) is 21.9. The molecule has 0 N–H and O–H groups in total. The van der Waals surface area contributed by atoms with Gasteiger partial charge in [0, 0.05) is 10.8 Å². The molecule has 9 aromatic rings. The third kappa shape index (κ3) is 3.65. The summed E-state index contributed by atoms with van der Waals surface area (Å²) in [5.41, 5.74) is -1.52. The van der Waals surface area contributed by atoms with Crippen LogP contribution in [0.15, 0.2) is 162 Å². The lowest BCUT2D eigenvalue weighted by Gasteiger charge is -2.20. The van der Waals surface area contributed by atoms with Crippen LogP contribution >= 0.6 is 0 Å². The molecule has 0 fully saturated rings. The Morgan fingerprint density at radius 1 is 0.395 bits per heavy atom. The molecule has 0 saturated heterocycles. The Hall–Kier alpha value is -5.66. The zero-order valence-electron chi connectivity index (χ0n) is 41.9. The first-order valence-electron chi connectivity index (χ1n) is 23.1. The van der Waals surface area contributed by atoms with E-state index < -0.39 is 164 Å². The van der Waals surface area contributed by atoms with Crippen LogP contribution < -0.4 is 0 Å². The average molecular weight is 567 g/mol. The summed E-state index contributed by atoms with van der Waals surface area (Å²) in [5, 5.41) is -2.04. The lowest BCUT2D eigenvalue weighted by molar-refractivity contribution is 0.669. The molecule has 1 heteroatoms. The summed E-state index contributed by atoms with van der Waals surface area (Å²) in [5.74, 6) is 0. The Morgan fingerprint density at radius 3 is 1.70 bits per heavy atom. The Kier molecular flexibility index (Phi) is 2.54. The quantitative estimate of drug-likeness (QED) is 0.194. The van der Waals surface area contributed by atoms with Crippen molar-refractivity contribution >= 4 is 54.3 Å². The summed E-state index contributed by atoms with van der Waals surface area (Å²) in [6, 6.07) is -5.98. The molecule has 1 aromatic heterocycles. The molecule has 0 saturated carbocycles. The molecule has 0 aliphatic carbocycles. The van der Waals surface area contributed by atoms with Crippen molar-refractivity contribution < 1.29 is 31.8 Å². The average Bonchev–Trinajstić information content (AvgIpc) is 3.64. The van der Waals surface area contributed by atoms with E-state index in [0.717, 1.165) is 0 Å². The van der Waals surface area contributed by atoms with Crippen molar-refractivity contribution in [2.45, 2.75) is 0 Å². The highest BCUT2D eigenvalue weighted by Crippen LogP contribution is 2.48. The van der Waals surface area contributed by atoms with Gasteiger partial charge in [0.2, 0.25) is 0 Å². The smallest absolute Gasteiger partial charge is 0.136 e. The van der Waals surface area contributed by atoms with Crippen molar-refractivity contribution in [2.24, 2.45) is 0 Å². The van der Waals surface area contributed by atoms with E-state index in [2.05, 4.69) is 0 Å². The van der Waals surface area contributed by atoms with Crippen molar-refractivity contribution in [3.05, 3.63) is 157 Å². The molecule has 1 heterocycles. The van der Waals surface area contributed by atoms with Crippen molar-refractivity contribution in [3.8, 4) is 33.4 Å². The molecule has 0 aliphatic heterocycles. The number of rotatable bonds is 3. The van der Waals surface area contributed by atoms with E-state index in [0.29, 0.717) is 16.4 Å². The molecule has 0 unspecified atom stereocenters. The zero-order chi connectivity index (χ0) is 45.7. The second kappa shape index (κ2) is 9.44. The molecule has 200 valence electrons. The van der Waals surface area contributed by atoms with Gasteiger partial charge in [0.15, 0.2) is 0 Å². The predicted octanol–water partition coefficient (Wildman–Crippen LogP) is 12.0. The molecule has 8 aromatic carbocycles. The molecule has 0 atom stereocenters. The Morgan fingerprint density at radius 2 is 0.977 bits per heavy atom. The minimum absolute atomic E-state index is 0.121. The normalized spacial score (nSPS) is 18.2. The third-order valence-electron chi connectivity index (χ3n) is 7.49. The van der Waals surface area contributed by atoms with Crippen LogP contribution in [-0.2, 0) is 0 Å². The summed E-state index contributed by atoms with van der Waals surface area (Å²) in [4.78, 5) is 0. The van der Waals surface area contributed by atoms with Crippen LogP contribution in [0.5, 0.6) is 0 Å². The van der Waals surface area contributed by atoms with E-state index >= 15 is 0 Å². The summed E-state index contributed by atoms with van der Waals surface area (Å²) in [6.07, 6.45) is 0. The standard InChI is InChI=1S/C42H26O/c1-2-13-28(14-3-1)36-26-40-37(30-18-10-11-24-39(30)43-40)25-38(36)42-34-21-8-6-19-32(34)41(33-20-7-9-22-35(33)42)31-23-12-16-27-15-4-5-17-29(27)31/h1-26H/i1D,2D,3D,4D,5D,6D,7D,8D,9D,12D,13D,14D,15D,16D,17D,19D,20D,21D,22D,23D. The lowest BCUT2D eigenvalue weighted by atomic mass is 9.82. The van der Waals surface area contributed by atoms with Gasteiger partial charge >= 0.3 is 0 Å². The SMILES string of the molecule is [2H]c1c([2H])c([2H])c(-c2cc3oc4ccccc4c3cc2-c2c3c([2H])c([2H])c([2H])c([2H])c3c(-c3c([2H])c([2H])c([2H])c4c([2H])c([2H])c([2H])c([2H])c34)c3c([2H])c([2H])c([2H])c([2H])c23)c([2H])c1[2H]. The van der Waals surface area contributed by atoms with Gasteiger partial charge in [-0.3, -0.25) is 0 Å². The number of benzene rings is 8. The van der Waals surface area contributed by atoms with E-state index in [1.165, 1.54) is 12.1 Å². The van der Waals surface area contributed by atoms with Crippen LogP contribution in [0.4, 0.5) is 0 Å². The fraction of sp³-hybridized carbons (Fsp3) is 0. The number of fused-ring (bicyclic) bond motifs is 6. The third-order valence-corrected chi connectivity index (χ3v) is 7.49. The number of para-hydroxylation sites is 1. The largest absolute Gasteiger partial charge is 0.456 e. The summed E-state index contributed by atoms with van der Waals surface area (Å²) in [7, 11) is 0. The molecule has 0 bridgehead atoms. The molecule has 9 rings (SSSR count). The summed E-state index contributed by atoms with van der Waals surface area (Å²) in [6.45, 7) is 0. The minimum Gasteiger partial charge on any atom is -0.456 e. The topological polar surface area (TPSA) is 13.1 Å². The van der Waals surface area contributed by atoms with Crippen molar-refractivity contribution in [1.29, 1.82) is 0 Å². The summed E-state index contributed by atoms with van der Waals surface area (Å²) >= 11 is 0. The molecular weight excluding hydrogens is 520 g/mol. The summed E-state index contributed by atoms with van der Waals surface area (Å²) < 4.78 is 185. The Labute approximate surface area is 277 Å². The molecule has 1 nitrogen and oxygen atoms in total. The molecular formula is C42H26O. The van der Waals surface area contributed by atoms with Crippen LogP contribution in [0, 0.1) is 0 Å². The highest BCUT2D eigenvalue weighted by molar-refractivity contribution is 6.25. The van der Waals surface area contributed by atoms with E-state index in [1.54, 1.807) is 24.3 Å². The molecule has 0 radical (unpaired) electrons. The first-order valence-corrected chi connectivity index (χ1v) is 13.1. The Bertz CT molecular complexity index is 3510. The fourth-order valence-electron chi connectivity index (χ4n) is 5.71. The van der Waals surface area contributed by atoms with Crippen LogP contribution in [-0.4, -0.2) is 0 Å². The van der Waals surface area contributed by atoms with Crippen molar-refractivity contribution in [1.82, 2.24) is 0 Å². The fourth-order valence-corrected chi connectivity index (χ4v) is 5.71. The first kappa shape index (κ1) is 11.6. The maximum Gasteiger partial charge on any atom is 0.136 e. The van der Waals surface area contributed by atoms with Crippen LogP contribution in [0.25, 0.3) is 87.6 Å². The van der Waals surface area contributed by atoms with Crippen LogP contribution in [0.2, 0.25) is 0 Å². The van der Waals surface area contributed by atoms with E-state index in [4.69, 9.17) is 25.0 Å². The maximum atomic E-state index is 9.53. The highest BCUT2D eigenvalue weighted by atomic mass is 16.3. The number of furan rings is 1. The van der Waals surface area contributed by atoms with Gasteiger partial charge in [-0.1, -0.05) is 139 Å². The van der Waals surface area contributed by atoms with Gasteiger partial charge < -0.3 is 4.42 Å². The van der Waals surface area contributed by atoms with E-state index in [9.17, 15) is 6.85 Å². The predicted molar refractivity (Wildman–Crippen MR) is 183 cm³/mol. The monoisotopic (exact) mass is 566 g/mol. The van der Waals surface area contributed by atoms with E-state index in [1.807, 2.05) is 0 Å². The second-order valence-corrected chi connectivity index (χ2v) is 9.74. The first-order chi connectivity index (χ1) is 29.6. The molecule has 0 amide bonds. The van der Waals surface area contributed by atoms with Crippen LogP contribution in [0.3, 0.4) is 0 Å². The van der Waals surface area contributed by atoms with Gasteiger partial charge in [0.05, 0.1) is 27.4 Å². The van der Waals surface area contributed by atoms with Crippen molar-refractivity contribution in [2.75, 3.05) is 0 Å². The van der Waals surface area contributed by atoms with Gasteiger partial charge in [-0.15, -0.1) is 0 Å². The van der Waals surface area contributed by atoms with Crippen LogP contribution in [0.1, 0.15) is 27.4 Å². The van der Waals surface area contributed by atoms with Gasteiger partial charge in [0.1, 0.15) is 11.2 Å². The lowest BCUT2D eigenvalue weighted by Crippen LogP contribution is -1.93.